The third-order valence-corrected chi connectivity index (χ3v) is 4.95. The second-order valence-electron chi connectivity index (χ2n) is 6.31. The summed E-state index contributed by atoms with van der Waals surface area (Å²) in [4.78, 5) is 8.19. The molecule has 0 bridgehead atoms. The molecule has 2 heterocycles. The summed E-state index contributed by atoms with van der Waals surface area (Å²) in [5, 5.41) is 0. The largest absolute Gasteiger partial charge is 0.361 e. The van der Waals surface area contributed by atoms with E-state index in [0.29, 0.717) is 12.4 Å². The highest BCUT2D eigenvalue weighted by Gasteiger charge is 2.14. The molecular formula is C15H22FN3OSi. The monoisotopic (exact) mass is 307 g/mol. The Balaban J connectivity index is 2.08. The molecule has 6 heteroatoms. The Labute approximate surface area is 126 Å². The van der Waals surface area contributed by atoms with Gasteiger partial charge in [-0.1, -0.05) is 25.7 Å². The second-order valence-corrected chi connectivity index (χ2v) is 11.9. The zero-order chi connectivity index (χ0) is 15.5. The maximum absolute atomic E-state index is 13.3. The molecule has 4 nitrogen and oxygen atoms in total. The van der Waals surface area contributed by atoms with Crippen LogP contribution in [0.4, 0.5) is 4.39 Å². The first kappa shape index (κ1) is 15.8. The predicted octanol–water partition coefficient (Wildman–Crippen LogP) is 3.70. The van der Waals surface area contributed by atoms with Gasteiger partial charge >= 0.3 is 0 Å². The average Bonchev–Trinajstić information content (AvgIpc) is 2.75. The van der Waals surface area contributed by atoms with Gasteiger partial charge in [0.1, 0.15) is 12.6 Å². The number of aryl methyl sites for hydroxylation is 1. The van der Waals surface area contributed by atoms with Crippen molar-refractivity contribution in [1.82, 2.24) is 14.5 Å². The van der Waals surface area contributed by atoms with Crippen LogP contribution in [0.3, 0.4) is 0 Å². The van der Waals surface area contributed by atoms with Crippen molar-refractivity contribution in [2.45, 2.75) is 39.3 Å². The SMILES string of the molecule is Cc1ncc(-c2cccc(F)n2)n1COCC[Si](C)(C)C. The number of pyridine rings is 1. The number of imidazole rings is 1. The van der Waals surface area contributed by atoms with Crippen LogP contribution in [-0.2, 0) is 11.5 Å². The third-order valence-electron chi connectivity index (χ3n) is 3.25. The molecule has 0 fully saturated rings. The van der Waals surface area contributed by atoms with E-state index < -0.39 is 14.0 Å². The molecule has 114 valence electrons. The van der Waals surface area contributed by atoms with Crippen LogP contribution in [0.25, 0.3) is 11.4 Å². The highest BCUT2D eigenvalue weighted by atomic mass is 28.3. The van der Waals surface area contributed by atoms with Crippen molar-refractivity contribution in [3.8, 4) is 11.4 Å². The van der Waals surface area contributed by atoms with Crippen LogP contribution in [0.15, 0.2) is 24.4 Å². The highest BCUT2D eigenvalue weighted by Crippen LogP contribution is 2.19. The van der Waals surface area contributed by atoms with E-state index in [1.54, 1.807) is 18.3 Å². The summed E-state index contributed by atoms with van der Waals surface area (Å²) in [5.41, 5.74) is 1.35. The van der Waals surface area contributed by atoms with Crippen LogP contribution in [0, 0.1) is 12.9 Å². The van der Waals surface area contributed by atoms with Gasteiger partial charge in [-0.05, 0) is 25.1 Å². The van der Waals surface area contributed by atoms with Crippen LogP contribution in [0.1, 0.15) is 5.82 Å². The van der Waals surface area contributed by atoms with Crippen molar-refractivity contribution in [3.63, 3.8) is 0 Å². The Kier molecular flexibility index (Phi) is 4.90. The lowest BCUT2D eigenvalue weighted by Gasteiger charge is -2.16. The van der Waals surface area contributed by atoms with Gasteiger partial charge in [0.05, 0.1) is 17.6 Å². The first-order chi connectivity index (χ1) is 9.87. The minimum Gasteiger partial charge on any atom is -0.361 e. The maximum Gasteiger partial charge on any atom is 0.213 e. The van der Waals surface area contributed by atoms with Crippen molar-refractivity contribution >= 4 is 8.07 Å². The molecule has 0 aliphatic rings. The molecule has 0 unspecified atom stereocenters. The van der Waals surface area contributed by atoms with Crippen LogP contribution >= 0.6 is 0 Å². The van der Waals surface area contributed by atoms with Crippen LogP contribution in [-0.4, -0.2) is 29.2 Å². The summed E-state index contributed by atoms with van der Waals surface area (Å²) in [6.45, 7) is 10.0. The summed E-state index contributed by atoms with van der Waals surface area (Å²) in [6.07, 6.45) is 1.71. The number of ether oxygens (including phenoxy) is 1. The fourth-order valence-corrected chi connectivity index (χ4v) is 2.68. The van der Waals surface area contributed by atoms with Crippen molar-refractivity contribution < 1.29 is 9.13 Å². The summed E-state index contributed by atoms with van der Waals surface area (Å²) in [7, 11) is -1.09. The zero-order valence-corrected chi connectivity index (χ0v) is 14.1. The van der Waals surface area contributed by atoms with Gasteiger partial charge in [-0.3, -0.25) is 0 Å². The van der Waals surface area contributed by atoms with Crippen molar-refractivity contribution in [1.29, 1.82) is 0 Å². The first-order valence-electron chi connectivity index (χ1n) is 7.10. The van der Waals surface area contributed by atoms with E-state index in [2.05, 4.69) is 29.6 Å². The van der Waals surface area contributed by atoms with Crippen molar-refractivity contribution in [3.05, 3.63) is 36.2 Å². The first-order valence-corrected chi connectivity index (χ1v) is 10.8. The average molecular weight is 307 g/mol. The molecule has 0 atom stereocenters. The lowest BCUT2D eigenvalue weighted by Crippen LogP contribution is -2.22. The second kappa shape index (κ2) is 6.49. The van der Waals surface area contributed by atoms with Gasteiger partial charge in [0.15, 0.2) is 0 Å². The molecule has 0 radical (unpaired) electrons. The normalized spacial score (nSPS) is 11.9. The molecule has 21 heavy (non-hydrogen) atoms. The van der Waals surface area contributed by atoms with Crippen molar-refractivity contribution in [2.75, 3.05) is 6.61 Å². The number of rotatable bonds is 6. The number of hydrogen-bond donors (Lipinski definition) is 0. The van der Waals surface area contributed by atoms with Crippen LogP contribution in [0.2, 0.25) is 25.7 Å². The van der Waals surface area contributed by atoms with E-state index in [0.717, 1.165) is 24.2 Å². The fraction of sp³-hybridized carbons (Fsp3) is 0.467. The molecule has 0 aliphatic heterocycles. The maximum atomic E-state index is 13.3. The standard InChI is InChI=1S/C15H22FN3OSi/c1-12-17-10-14(13-6-5-7-15(16)18-13)19(12)11-20-8-9-21(2,3)4/h5-7,10H,8-9,11H2,1-4H3. The number of hydrogen-bond acceptors (Lipinski definition) is 3. The molecule has 0 aromatic carbocycles. The van der Waals surface area contributed by atoms with Gasteiger partial charge < -0.3 is 9.30 Å². The molecule has 0 amide bonds. The Hall–Kier alpha value is -1.53. The van der Waals surface area contributed by atoms with E-state index in [1.165, 1.54) is 6.07 Å². The molecule has 0 aliphatic carbocycles. The highest BCUT2D eigenvalue weighted by molar-refractivity contribution is 6.76. The van der Waals surface area contributed by atoms with E-state index in [1.807, 2.05) is 11.5 Å². The minimum absolute atomic E-state index is 0.420. The van der Waals surface area contributed by atoms with Gasteiger partial charge in [0.2, 0.25) is 5.95 Å². The minimum atomic E-state index is -1.09. The van der Waals surface area contributed by atoms with E-state index in [4.69, 9.17) is 4.74 Å². The Morgan fingerprint density at radius 3 is 2.71 bits per heavy atom. The molecule has 2 aromatic heterocycles. The number of halogens is 1. The Morgan fingerprint density at radius 2 is 2.05 bits per heavy atom. The molecule has 2 rings (SSSR count). The fourth-order valence-electron chi connectivity index (χ4n) is 1.92. The lowest BCUT2D eigenvalue weighted by molar-refractivity contribution is 0.0868. The van der Waals surface area contributed by atoms with E-state index >= 15 is 0 Å². The van der Waals surface area contributed by atoms with E-state index in [-0.39, 0.29) is 0 Å². The van der Waals surface area contributed by atoms with Gasteiger partial charge in [-0.25, -0.2) is 9.97 Å². The smallest absolute Gasteiger partial charge is 0.213 e. The summed E-state index contributed by atoms with van der Waals surface area (Å²) < 4.78 is 20.9. The molecule has 0 N–H and O–H groups in total. The van der Waals surface area contributed by atoms with Crippen LogP contribution in [0.5, 0.6) is 0 Å². The Morgan fingerprint density at radius 1 is 1.29 bits per heavy atom. The lowest BCUT2D eigenvalue weighted by atomic mass is 10.3. The molecule has 0 spiro atoms. The van der Waals surface area contributed by atoms with Crippen LogP contribution < -0.4 is 0 Å². The summed E-state index contributed by atoms with van der Waals surface area (Å²) in [5.74, 6) is 0.349. The van der Waals surface area contributed by atoms with Gasteiger partial charge in [0, 0.05) is 14.7 Å². The number of aromatic nitrogens is 3. The summed E-state index contributed by atoms with van der Waals surface area (Å²) in [6, 6.07) is 5.88. The number of nitrogens with zero attached hydrogens (tertiary/aromatic N) is 3. The van der Waals surface area contributed by atoms with Crippen molar-refractivity contribution in [2.24, 2.45) is 0 Å². The van der Waals surface area contributed by atoms with Gasteiger partial charge in [0.25, 0.3) is 0 Å². The topological polar surface area (TPSA) is 39.9 Å². The summed E-state index contributed by atoms with van der Waals surface area (Å²) >= 11 is 0. The zero-order valence-electron chi connectivity index (χ0n) is 13.1. The Bertz CT molecular complexity index is 607. The predicted molar refractivity (Wildman–Crippen MR) is 84.3 cm³/mol. The van der Waals surface area contributed by atoms with E-state index in [9.17, 15) is 4.39 Å². The molecule has 2 aromatic rings. The molecular weight excluding hydrogens is 285 g/mol. The quantitative estimate of drug-likeness (QED) is 0.464. The third kappa shape index (κ3) is 4.47. The molecule has 0 saturated carbocycles. The van der Waals surface area contributed by atoms with Gasteiger partial charge in [-0.15, -0.1) is 0 Å². The van der Waals surface area contributed by atoms with Gasteiger partial charge in [-0.2, -0.15) is 4.39 Å². The molecule has 0 saturated heterocycles.